The molecule has 0 aliphatic rings. The molecule has 0 saturated heterocycles. The number of benzene rings is 2. The van der Waals surface area contributed by atoms with Crippen LogP contribution in [0, 0.1) is 0 Å². The Hall–Kier alpha value is -3.02. The second kappa shape index (κ2) is 23.5. The molecule has 0 aromatic heterocycles. The maximum Gasteiger partial charge on any atom is 0.128 e. The number of aliphatic imine (C=N–C) groups is 2. The Balaban J connectivity index is 1.60. The summed E-state index contributed by atoms with van der Waals surface area (Å²) in [5, 5.41) is 20.7. The Morgan fingerprint density at radius 1 is 0.524 bits per heavy atom. The molecule has 0 aliphatic carbocycles. The molecule has 0 bridgehead atoms. The molecule has 0 atom stereocenters. The first-order valence-corrected chi connectivity index (χ1v) is 16.5. The Bertz CT molecular complexity index is 940. The summed E-state index contributed by atoms with van der Waals surface area (Å²) in [5.74, 6) is 1.68. The van der Waals surface area contributed by atoms with E-state index in [2.05, 4.69) is 23.8 Å². The van der Waals surface area contributed by atoms with Crippen molar-refractivity contribution in [2.45, 2.75) is 117 Å². The van der Waals surface area contributed by atoms with Gasteiger partial charge in [-0.3, -0.25) is 9.98 Å². The van der Waals surface area contributed by atoms with Crippen LogP contribution in [0.2, 0.25) is 0 Å². The van der Waals surface area contributed by atoms with Crippen LogP contribution in [0.1, 0.15) is 128 Å². The number of hydrogen-bond acceptors (Lipinski definition) is 6. The van der Waals surface area contributed by atoms with Gasteiger partial charge in [0, 0.05) is 35.7 Å². The summed E-state index contributed by atoms with van der Waals surface area (Å²) in [6.07, 6.45) is 23.5. The van der Waals surface area contributed by atoms with Crippen LogP contribution < -0.4 is 9.47 Å². The molecule has 0 fully saturated rings. The average Bonchev–Trinajstić information content (AvgIpc) is 2.99. The molecule has 0 radical (unpaired) electrons. The van der Waals surface area contributed by atoms with Gasteiger partial charge in [-0.05, 0) is 37.1 Å². The van der Waals surface area contributed by atoms with Crippen LogP contribution in [0.3, 0.4) is 0 Å². The number of rotatable bonds is 25. The van der Waals surface area contributed by atoms with E-state index < -0.39 is 0 Å². The summed E-state index contributed by atoms with van der Waals surface area (Å²) in [7, 11) is 0. The number of unbranched alkanes of at least 4 members (excludes halogenated alkanes) is 14. The van der Waals surface area contributed by atoms with Gasteiger partial charge in [0.25, 0.3) is 0 Å². The summed E-state index contributed by atoms with van der Waals surface area (Å²) in [6, 6.07) is 10.7. The average molecular weight is 581 g/mol. The first-order chi connectivity index (χ1) is 20.6. The molecule has 0 unspecified atom stereocenters. The lowest BCUT2D eigenvalue weighted by Gasteiger charge is -2.08. The molecule has 0 heterocycles. The van der Waals surface area contributed by atoms with E-state index in [-0.39, 0.29) is 11.5 Å². The van der Waals surface area contributed by atoms with Crippen LogP contribution in [0.15, 0.2) is 46.4 Å². The maximum absolute atomic E-state index is 10.3. The molecule has 2 N–H and O–H groups in total. The minimum absolute atomic E-state index is 0.158. The molecule has 0 amide bonds. The van der Waals surface area contributed by atoms with Crippen molar-refractivity contribution in [1.29, 1.82) is 0 Å². The van der Waals surface area contributed by atoms with Gasteiger partial charge in [-0.1, -0.05) is 104 Å². The molecule has 6 nitrogen and oxygen atoms in total. The quantitative estimate of drug-likeness (QED) is 0.0904. The molecule has 2 rings (SSSR count). The van der Waals surface area contributed by atoms with Crippen molar-refractivity contribution >= 4 is 12.4 Å². The minimum Gasteiger partial charge on any atom is -0.507 e. The van der Waals surface area contributed by atoms with Gasteiger partial charge in [0.05, 0.1) is 26.3 Å². The lowest BCUT2D eigenvalue weighted by Crippen LogP contribution is -1.98. The lowest BCUT2D eigenvalue weighted by molar-refractivity contribution is 0.302. The molecule has 6 heteroatoms. The Labute approximate surface area is 255 Å². The van der Waals surface area contributed by atoms with Crippen LogP contribution in [0.25, 0.3) is 0 Å². The van der Waals surface area contributed by atoms with Crippen molar-refractivity contribution in [3.8, 4) is 23.0 Å². The zero-order chi connectivity index (χ0) is 30.1. The summed E-state index contributed by atoms with van der Waals surface area (Å²) in [6.45, 7) is 6.79. The van der Waals surface area contributed by atoms with Crippen molar-refractivity contribution in [3.63, 3.8) is 0 Å². The third-order valence-electron chi connectivity index (χ3n) is 7.36. The van der Waals surface area contributed by atoms with Gasteiger partial charge in [0.15, 0.2) is 0 Å². The number of ether oxygens (including phenoxy) is 2. The largest absolute Gasteiger partial charge is 0.507 e. The zero-order valence-electron chi connectivity index (χ0n) is 26.4. The highest BCUT2D eigenvalue weighted by Crippen LogP contribution is 2.24. The number of nitrogens with zero attached hydrogens (tertiary/aromatic N) is 2. The van der Waals surface area contributed by atoms with Crippen LogP contribution in [0.4, 0.5) is 0 Å². The first-order valence-electron chi connectivity index (χ1n) is 16.5. The molecule has 0 spiro atoms. The van der Waals surface area contributed by atoms with E-state index in [9.17, 15) is 10.2 Å². The minimum atomic E-state index is 0.158. The summed E-state index contributed by atoms with van der Waals surface area (Å²) >= 11 is 0. The second-order valence-electron chi connectivity index (χ2n) is 11.2. The van der Waals surface area contributed by atoms with Crippen LogP contribution in [-0.4, -0.2) is 48.9 Å². The standard InChI is InChI=1S/C36H56N2O4/c1-3-5-7-9-11-13-15-17-25-41-33-21-19-31(35(39)27-33)29-37-23-24-38-30-32-20-22-34(28-36(32)40)42-26-18-16-14-12-10-8-6-4-2/h19-22,27-30,39-40H,3-18,23-26H2,1-2H3/b37-29-,38-30-. The van der Waals surface area contributed by atoms with Crippen molar-refractivity contribution < 1.29 is 19.7 Å². The topological polar surface area (TPSA) is 83.6 Å². The van der Waals surface area contributed by atoms with Gasteiger partial charge in [0.2, 0.25) is 0 Å². The van der Waals surface area contributed by atoms with Crippen molar-refractivity contribution in [1.82, 2.24) is 0 Å². The van der Waals surface area contributed by atoms with E-state index in [1.165, 1.54) is 89.9 Å². The molecular weight excluding hydrogens is 524 g/mol. The summed E-state index contributed by atoms with van der Waals surface area (Å²) in [5.41, 5.74) is 1.30. The molecule has 42 heavy (non-hydrogen) atoms. The van der Waals surface area contributed by atoms with Crippen LogP contribution >= 0.6 is 0 Å². The molecule has 234 valence electrons. The van der Waals surface area contributed by atoms with E-state index in [1.807, 2.05) is 24.3 Å². The molecule has 0 aliphatic heterocycles. The molecule has 2 aromatic carbocycles. The van der Waals surface area contributed by atoms with Gasteiger partial charge in [-0.15, -0.1) is 0 Å². The van der Waals surface area contributed by atoms with Gasteiger partial charge in [-0.25, -0.2) is 0 Å². The third-order valence-corrected chi connectivity index (χ3v) is 7.36. The van der Waals surface area contributed by atoms with E-state index in [4.69, 9.17) is 9.47 Å². The highest BCUT2D eigenvalue weighted by molar-refractivity contribution is 5.84. The highest BCUT2D eigenvalue weighted by atomic mass is 16.5. The van der Waals surface area contributed by atoms with Crippen LogP contribution in [0.5, 0.6) is 23.0 Å². The normalized spacial score (nSPS) is 11.6. The zero-order valence-corrected chi connectivity index (χ0v) is 26.4. The van der Waals surface area contributed by atoms with Crippen LogP contribution in [-0.2, 0) is 0 Å². The van der Waals surface area contributed by atoms with E-state index in [0.29, 0.717) is 48.9 Å². The third kappa shape index (κ3) is 16.4. The highest BCUT2D eigenvalue weighted by Gasteiger charge is 2.03. The van der Waals surface area contributed by atoms with E-state index >= 15 is 0 Å². The molecule has 0 saturated carbocycles. The fourth-order valence-electron chi connectivity index (χ4n) is 4.74. The van der Waals surface area contributed by atoms with Gasteiger partial charge in [-0.2, -0.15) is 0 Å². The van der Waals surface area contributed by atoms with Gasteiger partial charge in [0.1, 0.15) is 23.0 Å². The van der Waals surface area contributed by atoms with Crippen molar-refractivity contribution in [2.75, 3.05) is 26.3 Å². The lowest BCUT2D eigenvalue weighted by atomic mass is 10.1. The maximum atomic E-state index is 10.3. The summed E-state index contributed by atoms with van der Waals surface area (Å²) in [4.78, 5) is 8.75. The Morgan fingerprint density at radius 2 is 0.881 bits per heavy atom. The van der Waals surface area contributed by atoms with Crippen molar-refractivity contribution in [3.05, 3.63) is 47.5 Å². The number of phenolic OH excluding ortho intramolecular Hbond substituents is 2. The number of phenols is 2. The predicted molar refractivity (Wildman–Crippen MR) is 177 cm³/mol. The van der Waals surface area contributed by atoms with Gasteiger partial charge >= 0.3 is 0 Å². The predicted octanol–water partition coefficient (Wildman–Crippen LogP) is 9.67. The number of aromatic hydroxyl groups is 2. The van der Waals surface area contributed by atoms with E-state index in [0.717, 1.165) is 12.8 Å². The fourth-order valence-corrected chi connectivity index (χ4v) is 4.74. The first kappa shape index (κ1) is 35.2. The fraction of sp³-hybridized carbons (Fsp3) is 0.611. The SMILES string of the molecule is CCCCCCCCCCOc1ccc(/C=N\CC/N=C\c2ccc(OCCCCCCCCCC)cc2O)c(O)c1. The Morgan fingerprint density at radius 3 is 1.24 bits per heavy atom. The van der Waals surface area contributed by atoms with Crippen molar-refractivity contribution in [2.24, 2.45) is 9.98 Å². The smallest absolute Gasteiger partial charge is 0.128 e. The van der Waals surface area contributed by atoms with Gasteiger partial charge < -0.3 is 19.7 Å². The second-order valence-corrected chi connectivity index (χ2v) is 11.2. The molecule has 2 aromatic rings. The van der Waals surface area contributed by atoms with E-state index in [1.54, 1.807) is 24.6 Å². The monoisotopic (exact) mass is 580 g/mol. The molecular formula is C36H56N2O4. The Kier molecular flexibility index (Phi) is 19.7. The number of hydrogen-bond donors (Lipinski definition) is 2. The summed E-state index contributed by atoms with van der Waals surface area (Å²) < 4.78 is 11.6.